The summed E-state index contributed by atoms with van der Waals surface area (Å²) in [5, 5.41) is 2.59. The van der Waals surface area contributed by atoms with Crippen LogP contribution in [0.2, 0.25) is 0 Å². The summed E-state index contributed by atoms with van der Waals surface area (Å²) in [5.74, 6) is 1.00. The van der Waals surface area contributed by atoms with Crippen molar-refractivity contribution in [2.75, 3.05) is 18.2 Å². The molecule has 0 fully saturated rings. The Morgan fingerprint density at radius 2 is 2.09 bits per heavy atom. The van der Waals surface area contributed by atoms with Crippen LogP contribution >= 0.6 is 27.7 Å². The first-order valence-corrected chi connectivity index (χ1v) is 8.90. The molecule has 2 rings (SSSR count). The minimum Gasteiger partial charge on any atom is -0.496 e. The number of rotatable bonds is 6. The predicted molar refractivity (Wildman–Crippen MR) is 96.6 cm³/mol. The van der Waals surface area contributed by atoms with Crippen molar-refractivity contribution in [1.82, 2.24) is 0 Å². The van der Waals surface area contributed by atoms with Crippen LogP contribution in [0.4, 0.5) is 10.1 Å². The normalized spacial score (nSPS) is 10.4. The highest BCUT2D eigenvalue weighted by molar-refractivity contribution is 9.10. The molecule has 1 amide bonds. The van der Waals surface area contributed by atoms with E-state index >= 15 is 0 Å². The summed E-state index contributed by atoms with van der Waals surface area (Å²) < 4.78 is 20.0. The summed E-state index contributed by atoms with van der Waals surface area (Å²) in [6.45, 7) is 1.80. The lowest BCUT2D eigenvalue weighted by Crippen LogP contribution is -2.15. The van der Waals surface area contributed by atoms with Crippen LogP contribution in [0.5, 0.6) is 5.75 Å². The molecule has 122 valence electrons. The topological polar surface area (TPSA) is 38.3 Å². The number of amides is 1. The van der Waals surface area contributed by atoms with Crippen molar-refractivity contribution in [3.8, 4) is 5.75 Å². The summed E-state index contributed by atoms with van der Waals surface area (Å²) in [7, 11) is 1.62. The fraction of sp³-hybridized carbons (Fsp3) is 0.235. The average molecular weight is 398 g/mol. The van der Waals surface area contributed by atoms with Gasteiger partial charge in [-0.3, -0.25) is 4.79 Å². The number of nitrogens with one attached hydrogen (secondary N) is 1. The van der Waals surface area contributed by atoms with Gasteiger partial charge in [0.25, 0.3) is 0 Å². The van der Waals surface area contributed by atoms with Crippen molar-refractivity contribution in [2.45, 2.75) is 12.7 Å². The smallest absolute Gasteiger partial charge is 0.234 e. The summed E-state index contributed by atoms with van der Waals surface area (Å²) in [5.41, 5.74) is 2.03. The number of anilines is 1. The van der Waals surface area contributed by atoms with Gasteiger partial charge in [0.1, 0.15) is 11.6 Å². The Hall–Kier alpha value is -1.53. The summed E-state index contributed by atoms with van der Waals surface area (Å²) >= 11 is 4.86. The van der Waals surface area contributed by atoms with Gasteiger partial charge in [-0.05, 0) is 42.8 Å². The Balaban J connectivity index is 1.89. The predicted octanol–water partition coefficient (Wildman–Crippen LogP) is 4.78. The lowest BCUT2D eigenvalue weighted by atomic mass is 10.2. The highest BCUT2D eigenvalue weighted by Crippen LogP contribution is 2.26. The number of benzene rings is 2. The van der Waals surface area contributed by atoms with Crippen LogP contribution in [0.25, 0.3) is 0 Å². The van der Waals surface area contributed by atoms with Crippen molar-refractivity contribution >= 4 is 39.3 Å². The number of thioether (sulfide) groups is 1. The molecule has 0 aromatic heterocycles. The number of hydrogen-bond acceptors (Lipinski definition) is 3. The number of methoxy groups -OCH3 is 1. The van der Waals surface area contributed by atoms with E-state index in [1.54, 1.807) is 26.2 Å². The fourth-order valence-corrected chi connectivity index (χ4v) is 3.24. The third kappa shape index (κ3) is 5.25. The van der Waals surface area contributed by atoms with E-state index in [-0.39, 0.29) is 17.3 Å². The molecule has 3 nitrogen and oxygen atoms in total. The molecule has 0 spiro atoms. The van der Waals surface area contributed by atoms with Gasteiger partial charge in [0.15, 0.2) is 0 Å². The monoisotopic (exact) mass is 397 g/mol. The van der Waals surface area contributed by atoms with Gasteiger partial charge in [-0.1, -0.05) is 22.0 Å². The van der Waals surface area contributed by atoms with E-state index in [9.17, 15) is 9.18 Å². The van der Waals surface area contributed by atoms with Gasteiger partial charge in [-0.15, -0.1) is 11.8 Å². The van der Waals surface area contributed by atoms with Crippen LogP contribution in [-0.2, 0) is 10.5 Å². The molecule has 0 atom stereocenters. The molecule has 0 saturated carbocycles. The Bertz CT molecular complexity index is 709. The average Bonchev–Trinajstić information content (AvgIpc) is 2.50. The molecule has 0 saturated heterocycles. The molecule has 0 radical (unpaired) electrons. The minimum atomic E-state index is -0.419. The number of hydrogen-bond donors (Lipinski definition) is 1. The van der Waals surface area contributed by atoms with Crippen molar-refractivity contribution in [1.29, 1.82) is 0 Å². The van der Waals surface area contributed by atoms with E-state index in [4.69, 9.17) is 4.74 Å². The summed E-state index contributed by atoms with van der Waals surface area (Å²) in [6.07, 6.45) is 0. The molecule has 0 aliphatic carbocycles. The summed E-state index contributed by atoms with van der Waals surface area (Å²) in [4.78, 5) is 11.9. The molecule has 0 heterocycles. The highest BCUT2D eigenvalue weighted by atomic mass is 79.9. The third-order valence-electron chi connectivity index (χ3n) is 3.13. The first-order chi connectivity index (χ1) is 11.0. The lowest BCUT2D eigenvalue weighted by Gasteiger charge is -2.09. The van der Waals surface area contributed by atoms with Crippen molar-refractivity contribution < 1.29 is 13.9 Å². The molecule has 23 heavy (non-hydrogen) atoms. The van der Waals surface area contributed by atoms with E-state index in [1.807, 2.05) is 18.2 Å². The van der Waals surface area contributed by atoms with E-state index in [1.165, 1.54) is 17.8 Å². The molecule has 6 heteroatoms. The zero-order valence-corrected chi connectivity index (χ0v) is 15.3. The van der Waals surface area contributed by atoms with Crippen LogP contribution in [0.1, 0.15) is 11.1 Å². The Morgan fingerprint density at radius 3 is 2.78 bits per heavy atom. The lowest BCUT2D eigenvalue weighted by molar-refractivity contribution is -0.113. The van der Waals surface area contributed by atoms with E-state index < -0.39 is 5.82 Å². The Labute approximate surface area is 147 Å². The second kappa shape index (κ2) is 8.36. The maximum Gasteiger partial charge on any atom is 0.234 e. The standard InChI is InChI=1S/C17H17BrFNO2S/c1-11-3-5-15(14(19)7-11)20-17(21)10-23-9-12-8-13(18)4-6-16(12)22-2/h3-8H,9-10H2,1-2H3,(H,20,21). The van der Waals surface area contributed by atoms with Crippen LogP contribution < -0.4 is 10.1 Å². The van der Waals surface area contributed by atoms with Gasteiger partial charge in [0.05, 0.1) is 18.6 Å². The molecule has 2 aromatic rings. The molecular formula is C17H17BrFNO2S. The Kier molecular flexibility index (Phi) is 6.47. The molecule has 2 aromatic carbocycles. The molecule has 0 bridgehead atoms. The fourth-order valence-electron chi connectivity index (χ4n) is 2.02. The quantitative estimate of drug-likeness (QED) is 0.762. The number of halogens is 2. The largest absolute Gasteiger partial charge is 0.496 e. The third-order valence-corrected chi connectivity index (χ3v) is 4.61. The van der Waals surface area contributed by atoms with Gasteiger partial charge < -0.3 is 10.1 Å². The van der Waals surface area contributed by atoms with Gasteiger partial charge in [0.2, 0.25) is 5.91 Å². The molecule has 0 aliphatic heterocycles. The second-order valence-electron chi connectivity index (χ2n) is 4.98. The number of aryl methyl sites for hydroxylation is 1. The molecular weight excluding hydrogens is 381 g/mol. The van der Waals surface area contributed by atoms with E-state index in [0.717, 1.165) is 21.3 Å². The highest BCUT2D eigenvalue weighted by Gasteiger charge is 2.09. The molecule has 0 aliphatic rings. The van der Waals surface area contributed by atoms with Gasteiger partial charge >= 0.3 is 0 Å². The molecule has 1 N–H and O–H groups in total. The van der Waals surface area contributed by atoms with Crippen LogP contribution in [0, 0.1) is 12.7 Å². The van der Waals surface area contributed by atoms with Crippen molar-refractivity contribution in [3.63, 3.8) is 0 Å². The molecule has 0 unspecified atom stereocenters. The van der Waals surface area contributed by atoms with Crippen LogP contribution in [0.15, 0.2) is 40.9 Å². The van der Waals surface area contributed by atoms with Crippen molar-refractivity contribution in [2.24, 2.45) is 0 Å². The number of ether oxygens (including phenoxy) is 1. The zero-order valence-electron chi connectivity index (χ0n) is 12.9. The first kappa shape index (κ1) is 17.8. The van der Waals surface area contributed by atoms with Crippen LogP contribution in [-0.4, -0.2) is 18.8 Å². The van der Waals surface area contributed by atoms with E-state index in [0.29, 0.717) is 5.75 Å². The van der Waals surface area contributed by atoms with Gasteiger partial charge in [-0.2, -0.15) is 0 Å². The number of carbonyl (C=O) groups is 1. The second-order valence-corrected chi connectivity index (χ2v) is 6.88. The Morgan fingerprint density at radius 1 is 1.30 bits per heavy atom. The SMILES string of the molecule is COc1ccc(Br)cc1CSCC(=O)Nc1ccc(C)cc1F. The van der Waals surface area contributed by atoms with Gasteiger partial charge in [0, 0.05) is 15.8 Å². The maximum absolute atomic E-state index is 13.7. The van der Waals surface area contributed by atoms with Gasteiger partial charge in [-0.25, -0.2) is 4.39 Å². The summed E-state index contributed by atoms with van der Waals surface area (Å²) in [6, 6.07) is 10.5. The zero-order chi connectivity index (χ0) is 16.8. The maximum atomic E-state index is 13.7. The first-order valence-electron chi connectivity index (χ1n) is 6.95. The van der Waals surface area contributed by atoms with Crippen LogP contribution in [0.3, 0.4) is 0 Å². The number of carbonyl (C=O) groups excluding carboxylic acids is 1. The van der Waals surface area contributed by atoms with E-state index in [2.05, 4.69) is 21.2 Å². The minimum absolute atomic E-state index is 0.209. The van der Waals surface area contributed by atoms with Crippen molar-refractivity contribution in [3.05, 3.63) is 57.8 Å².